The van der Waals surface area contributed by atoms with Crippen molar-refractivity contribution in [3.8, 4) is 5.75 Å². The molecule has 0 aliphatic heterocycles. The zero-order chi connectivity index (χ0) is 17.4. The smallest absolute Gasteiger partial charge is 0.257 e. The van der Waals surface area contributed by atoms with Gasteiger partial charge in [0.2, 0.25) is 0 Å². The van der Waals surface area contributed by atoms with Crippen LogP contribution in [0.1, 0.15) is 17.3 Å². The molecule has 0 unspecified atom stereocenters. The first-order valence-electron chi connectivity index (χ1n) is 7.43. The van der Waals surface area contributed by atoms with E-state index in [1.165, 1.54) is 6.92 Å². The molecule has 24 heavy (non-hydrogen) atoms. The van der Waals surface area contributed by atoms with Crippen molar-refractivity contribution in [2.75, 3.05) is 18.9 Å². The average molecular weight is 364 g/mol. The number of thioether (sulfide) groups is 1. The molecular weight excluding hydrogens is 346 g/mol. The van der Waals surface area contributed by atoms with Crippen molar-refractivity contribution in [1.29, 1.82) is 0 Å². The van der Waals surface area contributed by atoms with Crippen LogP contribution in [-0.4, -0.2) is 30.6 Å². The molecule has 1 amide bonds. The predicted molar refractivity (Wildman–Crippen MR) is 97.1 cm³/mol. The molecule has 1 N–H and O–H groups in total. The summed E-state index contributed by atoms with van der Waals surface area (Å²) in [7, 11) is 0. The summed E-state index contributed by atoms with van der Waals surface area (Å²) in [5.41, 5.74) is 0.617. The molecule has 0 saturated carbocycles. The maximum Gasteiger partial charge on any atom is 0.257 e. The molecule has 0 saturated heterocycles. The number of hydrogen-bond acceptors (Lipinski definition) is 4. The van der Waals surface area contributed by atoms with Crippen molar-refractivity contribution in [3.05, 3.63) is 59.1 Å². The Balaban J connectivity index is 1.64. The van der Waals surface area contributed by atoms with Crippen LogP contribution in [0.15, 0.2) is 53.4 Å². The Morgan fingerprint density at radius 3 is 2.38 bits per heavy atom. The van der Waals surface area contributed by atoms with Crippen molar-refractivity contribution < 1.29 is 14.3 Å². The molecule has 2 rings (SSSR count). The highest BCUT2D eigenvalue weighted by atomic mass is 35.5. The maximum atomic E-state index is 11.7. The third kappa shape index (κ3) is 6.26. The Morgan fingerprint density at radius 2 is 1.75 bits per heavy atom. The van der Waals surface area contributed by atoms with Gasteiger partial charge in [-0.05, 0) is 55.5 Å². The van der Waals surface area contributed by atoms with Gasteiger partial charge >= 0.3 is 0 Å². The van der Waals surface area contributed by atoms with Gasteiger partial charge in [0.25, 0.3) is 5.91 Å². The van der Waals surface area contributed by atoms with Gasteiger partial charge < -0.3 is 10.1 Å². The van der Waals surface area contributed by atoms with Crippen molar-refractivity contribution in [2.45, 2.75) is 11.8 Å². The highest BCUT2D eigenvalue weighted by Crippen LogP contribution is 2.19. The quantitative estimate of drug-likeness (QED) is 0.440. The van der Waals surface area contributed by atoms with E-state index in [0.717, 1.165) is 10.6 Å². The monoisotopic (exact) mass is 363 g/mol. The van der Waals surface area contributed by atoms with Crippen LogP contribution in [0, 0.1) is 0 Å². The van der Waals surface area contributed by atoms with E-state index in [2.05, 4.69) is 5.32 Å². The minimum atomic E-state index is -0.178. The lowest BCUT2D eigenvalue weighted by atomic mass is 10.1. The number of ether oxygens (including phenoxy) is 1. The van der Waals surface area contributed by atoms with Gasteiger partial charge in [-0.3, -0.25) is 9.59 Å². The van der Waals surface area contributed by atoms with Gasteiger partial charge in [0.15, 0.2) is 12.4 Å². The van der Waals surface area contributed by atoms with Gasteiger partial charge in [-0.2, -0.15) is 0 Å². The molecule has 4 nitrogen and oxygen atoms in total. The number of Topliss-reactive ketones (excluding diaryl/α,β-unsaturated/α-hetero) is 1. The van der Waals surface area contributed by atoms with Crippen LogP contribution in [0.5, 0.6) is 5.75 Å². The van der Waals surface area contributed by atoms with Gasteiger partial charge in [-0.15, -0.1) is 11.8 Å². The van der Waals surface area contributed by atoms with E-state index in [9.17, 15) is 9.59 Å². The summed E-state index contributed by atoms with van der Waals surface area (Å²) in [6.45, 7) is 2.01. The summed E-state index contributed by atoms with van der Waals surface area (Å²) in [6, 6.07) is 14.3. The topological polar surface area (TPSA) is 55.4 Å². The molecule has 0 spiro atoms. The summed E-state index contributed by atoms with van der Waals surface area (Å²) in [5, 5.41) is 3.51. The van der Waals surface area contributed by atoms with Gasteiger partial charge in [-0.1, -0.05) is 11.6 Å². The maximum absolute atomic E-state index is 11.7. The van der Waals surface area contributed by atoms with Crippen molar-refractivity contribution in [2.24, 2.45) is 0 Å². The number of carbonyl (C=O) groups is 2. The molecule has 0 bridgehead atoms. The lowest BCUT2D eigenvalue weighted by Crippen LogP contribution is -2.30. The number of carbonyl (C=O) groups excluding carboxylic acids is 2. The number of nitrogens with one attached hydrogen (secondary N) is 1. The predicted octanol–water partition coefficient (Wildman–Crippen LogP) is 3.83. The Bertz CT molecular complexity index is 686. The summed E-state index contributed by atoms with van der Waals surface area (Å²) < 4.78 is 5.39. The van der Waals surface area contributed by atoms with Crippen LogP contribution in [0.4, 0.5) is 0 Å². The fourth-order valence-corrected chi connectivity index (χ4v) is 2.77. The van der Waals surface area contributed by atoms with E-state index in [-0.39, 0.29) is 18.3 Å². The normalized spacial score (nSPS) is 10.2. The van der Waals surface area contributed by atoms with E-state index in [1.54, 1.807) is 36.0 Å². The summed E-state index contributed by atoms with van der Waals surface area (Å²) in [6.07, 6.45) is 0. The highest BCUT2D eigenvalue weighted by Gasteiger charge is 2.04. The largest absolute Gasteiger partial charge is 0.484 e. The Hall–Kier alpha value is -1.98. The molecule has 126 valence electrons. The molecule has 0 radical (unpaired) electrons. The number of benzene rings is 2. The number of amides is 1. The van der Waals surface area contributed by atoms with E-state index in [1.807, 2.05) is 24.3 Å². The van der Waals surface area contributed by atoms with E-state index >= 15 is 0 Å². The van der Waals surface area contributed by atoms with Crippen LogP contribution in [0.25, 0.3) is 0 Å². The van der Waals surface area contributed by atoms with Crippen LogP contribution in [-0.2, 0) is 4.79 Å². The standard InChI is InChI=1S/C18H18ClNO3S/c1-13(21)14-2-6-16(7-3-14)23-12-18(22)20-10-11-24-17-8-4-15(19)5-9-17/h2-9H,10-12H2,1H3,(H,20,22). The first kappa shape index (κ1) is 18.4. The van der Waals surface area contributed by atoms with Gasteiger partial charge in [0.05, 0.1) is 0 Å². The molecule has 0 atom stereocenters. The van der Waals surface area contributed by atoms with Gasteiger partial charge in [0.1, 0.15) is 5.75 Å². The number of hydrogen-bond donors (Lipinski definition) is 1. The third-order valence-corrected chi connectivity index (χ3v) is 4.40. The van der Waals surface area contributed by atoms with E-state index in [4.69, 9.17) is 16.3 Å². The molecule has 0 aliphatic carbocycles. The zero-order valence-electron chi connectivity index (χ0n) is 13.3. The summed E-state index contributed by atoms with van der Waals surface area (Å²) in [5.74, 6) is 1.14. The molecule has 2 aromatic rings. The number of ketones is 1. The molecule has 0 aromatic heterocycles. The molecule has 0 aliphatic rings. The van der Waals surface area contributed by atoms with E-state index in [0.29, 0.717) is 22.9 Å². The number of rotatable bonds is 8. The van der Waals surface area contributed by atoms with Crippen LogP contribution in [0.3, 0.4) is 0 Å². The lowest BCUT2D eigenvalue weighted by Gasteiger charge is -2.08. The van der Waals surface area contributed by atoms with Gasteiger partial charge in [0, 0.05) is 27.8 Å². The second-order valence-electron chi connectivity index (χ2n) is 5.02. The summed E-state index contributed by atoms with van der Waals surface area (Å²) in [4.78, 5) is 24.0. The summed E-state index contributed by atoms with van der Waals surface area (Å²) >= 11 is 7.47. The first-order chi connectivity index (χ1) is 11.5. The average Bonchev–Trinajstić information content (AvgIpc) is 2.59. The van der Waals surface area contributed by atoms with Crippen LogP contribution >= 0.6 is 23.4 Å². The van der Waals surface area contributed by atoms with Crippen LogP contribution in [0.2, 0.25) is 5.02 Å². The van der Waals surface area contributed by atoms with E-state index < -0.39 is 0 Å². The van der Waals surface area contributed by atoms with Gasteiger partial charge in [-0.25, -0.2) is 0 Å². The van der Waals surface area contributed by atoms with Crippen LogP contribution < -0.4 is 10.1 Å². The molecule has 2 aromatic carbocycles. The Morgan fingerprint density at radius 1 is 1.08 bits per heavy atom. The fourth-order valence-electron chi connectivity index (χ4n) is 1.88. The minimum Gasteiger partial charge on any atom is -0.484 e. The number of halogens is 1. The molecular formula is C18H18ClNO3S. The SMILES string of the molecule is CC(=O)c1ccc(OCC(=O)NCCSc2ccc(Cl)cc2)cc1. The lowest BCUT2D eigenvalue weighted by molar-refractivity contribution is -0.122. The molecule has 0 heterocycles. The highest BCUT2D eigenvalue weighted by molar-refractivity contribution is 7.99. The van der Waals surface area contributed by atoms with Crippen molar-refractivity contribution in [3.63, 3.8) is 0 Å². The Labute approximate surface area is 150 Å². The minimum absolute atomic E-state index is 0.00233. The van der Waals surface area contributed by atoms with Crippen molar-refractivity contribution in [1.82, 2.24) is 5.32 Å². The molecule has 0 fully saturated rings. The Kier molecular flexibility index (Phi) is 7.15. The fraction of sp³-hybridized carbons (Fsp3) is 0.222. The molecule has 6 heteroatoms. The second-order valence-corrected chi connectivity index (χ2v) is 6.63. The van der Waals surface area contributed by atoms with Crippen molar-refractivity contribution >= 4 is 35.1 Å². The first-order valence-corrected chi connectivity index (χ1v) is 8.80. The third-order valence-electron chi connectivity index (χ3n) is 3.14. The zero-order valence-corrected chi connectivity index (χ0v) is 14.8. The second kappa shape index (κ2) is 9.35.